The van der Waals surface area contributed by atoms with E-state index in [2.05, 4.69) is 511 Å². The third-order valence-corrected chi connectivity index (χ3v) is 23.5. The zero-order chi connectivity index (χ0) is 85.1. The van der Waals surface area contributed by atoms with Crippen LogP contribution < -0.4 is 19.4 Å². The summed E-state index contributed by atoms with van der Waals surface area (Å²) in [7, 11) is 8.75. The lowest BCUT2D eigenvalue weighted by Crippen LogP contribution is -2.44. The molecule has 0 fully saturated rings. The number of nitrogens with zero attached hydrogens (tertiary/aromatic N) is 8. The lowest BCUT2D eigenvalue weighted by atomic mass is 9.88. The number of anilines is 2. The molecule has 3 aliphatic heterocycles. The summed E-state index contributed by atoms with van der Waals surface area (Å²) >= 11 is 0. The molecule has 4 aliphatic rings. The molecule has 13 aromatic carbocycles. The maximum absolute atomic E-state index is 4.53. The summed E-state index contributed by atoms with van der Waals surface area (Å²) in [5, 5.41) is 3.59. The van der Waals surface area contributed by atoms with E-state index < -0.39 is 0 Å². The molecule has 4 heterocycles. The summed E-state index contributed by atoms with van der Waals surface area (Å²) in [6, 6.07) is 128. The Morgan fingerprint density at radius 2 is 0.862 bits per heavy atom. The van der Waals surface area contributed by atoms with Crippen molar-refractivity contribution < 1.29 is 18.0 Å². The minimum atomic E-state index is -0.0177. The van der Waals surface area contributed by atoms with E-state index in [0.717, 1.165) is 41.9 Å². The largest absolute Gasteiger partial charge is 0.365 e. The highest BCUT2D eigenvalue weighted by Crippen LogP contribution is 2.46. The Morgan fingerprint density at radius 1 is 0.390 bits per heavy atom. The molecule has 18 rings (SSSR count). The zero-order valence-corrected chi connectivity index (χ0v) is 71.6. The monoisotopic (exact) mass is 1600 g/mol. The molecule has 4 atom stereocenters. The number of para-hydroxylation sites is 1. The van der Waals surface area contributed by atoms with Crippen molar-refractivity contribution in [2.24, 2.45) is 0 Å². The Balaban J connectivity index is 0.000000127. The van der Waals surface area contributed by atoms with Crippen LogP contribution in [0, 0.1) is 52.0 Å². The van der Waals surface area contributed by atoms with Crippen LogP contribution in [0.25, 0.3) is 44.7 Å². The molecule has 8 heteroatoms. The van der Waals surface area contributed by atoms with Crippen molar-refractivity contribution in [3.63, 3.8) is 0 Å². The van der Waals surface area contributed by atoms with Crippen molar-refractivity contribution in [1.29, 1.82) is 0 Å². The molecule has 0 saturated heterocycles. The van der Waals surface area contributed by atoms with E-state index in [0.29, 0.717) is 0 Å². The summed E-state index contributed by atoms with van der Waals surface area (Å²) in [6.07, 6.45) is 27.5. The van der Waals surface area contributed by atoms with Crippen LogP contribution in [-0.4, -0.2) is 71.9 Å². The molecular weight excluding hydrogens is 1490 g/mol. The summed E-state index contributed by atoms with van der Waals surface area (Å²) in [5.41, 5.74) is 26.0. The van der Waals surface area contributed by atoms with Crippen LogP contribution in [0.15, 0.2) is 419 Å². The minimum Gasteiger partial charge on any atom is -0.365 e. The van der Waals surface area contributed by atoms with Gasteiger partial charge in [-0.3, -0.25) is 23.5 Å². The highest BCUT2D eigenvalue weighted by molar-refractivity contribution is 5.95. The molecule has 8 nitrogen and oxygen atoms in total. The first-order valence-corrected chi connectivity index (χ1v) is 42.3. The average molecular weight is 1600 g/mol. The normalized spacial score (nSPS) is 14.4. The Morgan fingerprint density at radius 3 is 1.45 bits per heavy atom. The van der Waals surface area contributed by atoms with E-state index in [-0.39, 0.29) is 24.2 Å². The van der Waals surface area contributed by atoms with Crippen LogP contribution in [0.5, 0.6) is 0 Å². The van der Waals surface area contributed by atoms with Crippen LogP contribution in [-0.2, 0) is 13.1 Å². The first kappa shape index (κ1) is 83.5. The summed E-state index contributed by atoms with van der Waals surface area (Å²) in [4.78, 5) is 9.56. The predicted molar refractivity (Wildman–Crippen MR) is 516 cm³/mol. The van der Waals surface area contributed by atoms with Gasteiger partial charge in [0.2, 0.25) is 5.69 Å². The topological polar surface area (TPSA) is 27.9 Å². The molecule has 4 unspecified atom stereocenters. The van der Waals surface area contributed by atoms with E-state index >= 15 is 0 Å². The second kappa shape index (κ2) is 39.6. The van der Waals surface area contributed by atoms with Crippen LogP contribution in [0.3, 0.4) is 0 Å². The molecule has 1 aromatic heterocycles. The SMILES string of the molecule is C=[N+]1C=CC=C[C-]1C(c1ccccc1-c1ccccc1)N(C)c1c(C)cc(C)cc1C.C=[N+]1C=CC=C[C-]1C(c1ccccc1-c1ccccc1)N(C)c1cccc2ccccc12.C=[N+]1c2ccccc2C=C[C-]1C(c1ccccc1)N(C)Cc1ccccc1.C=[n+]1c(C(c2ccccc2)N(C)Cc2ccccc2)cccc1=C1C=C[CH-]c2ccccc21. The van der Waals surface area contributed by atoms with Crippen molar-refractivity contribution in [3.8, 4) is 22.3 Å². The van der Waals surface area contributed by atoms with Crippen molar-refractivity contribution in [1.82, 2.24) is 9.80 Å². The quantitative estimate of drug-likeness (QED) is 0.0562. The molecule has 0 spiro atoms. The first-order chi connectivity index (χ1) is 60.2. The maximum Gasteiger partial charge on any atom is 0.208 e. The minimum absolute atomic E-state index is 0.00946. The van der Waals surface area contributed by atoms with Crippen molar-refractivity contribution in [3.05, 3.63) is 528 Å². The molecule has 1 aliphatic carbocycles. The van der Waals surface area contributed by atoms with Gasteiger partial charge in [0.15, 0.2) is 5.35 Å². The van der Waals surface area contributed by atoms with Gasteiger partial charge in [-0.2, -0.15) is 4.24 Å². The van der Waals surface area contributed by atoms with Crippen molar-refractivity contribution >= 4 is 59.6 Å². The van der Waals surface area contributed by atoms with E-state index in [1.807, 2.05) is 33.7 Å². The molecular formula is C115H108N8. The Kier molecular flexibility index (Phi) is 26.9. The summed E-state index contributed by atoms with van der Waals surface area (Å²) in [6.45, 7) is 25.8. The number of fused-ring (bicyclic) bond motifs is 3. The Bertz CT molecular complexity index is 6320. The number of rotatable bonds is 20. The zero-order valence-electron chi connectivity index (χ0n) is 71.6. The van der Waals surface area contributed by atoms with Crippen LogP contribution in [0.1, 0.15) is 96.6 Å². The van der Waals surface area contributed by atoms with Gasteiger partial charge in [0, 0.05) is 56.1 Å². The maximum atomic E-state index is 4.53. The van der Waals surface area contributed by atoms with Gasteiger partial charge in [-0.05, 0) is 136 Å². The Hall–Kier alpha value is -14.5. The van der Waals surface area contributed by atoms with Gasteiger partial charge in [-0.1, -0.05) is 351 Å². The molecule has 0 amide bonds. The van der Waals surface area contributed by atoms with Gasteiger partial charge in [0.1, 0.15) is 48.7 Å². The van der Waals surface area contributed by atoms with Gasteiger partial charge in [-0.25, -0.2) is 0 Å². The molecule has 14 aromatic rings. The fourth-order valence-electron chi connectivity index (χ4n) is 17.8. The molecule has 0 bridgehead atoms. The second-order valence-corrected chi connectivity index (χ2v) is 31.8. The molecule has 0 saturated carbocycles. The van der Waals surface area contributed by atoms with E-state index in [1.165, 1.54) is 123 Å². The van der Waals surface area contributed by atoms with Crippen LogP contribution in [0.4, 0.5) is 17.1 Å². The molecule has 0 radical (unpaired) electrons. The number of pyridine rings is 1. The van der Waals surface area contributed by atoms with Crippen molar-refractivity contribution in [2.45, 2.75) is 58.0 Å². The van der Waals surface area contributed by atoms with Gasteiger partial charge in [0.25, 0.3) is 0 Å². The third kappa shape index (κ3) is 19.2. The number of allylic oxidation sites excluding steroid dienone is 6. The van der Waals surface area contributed by atoms with Crippen LogP contribution in [0.2, 0.25) is 0 Å². The smallest absolute Gasteiger partial charge is 0.208 e. The number of hydrogen-bond donors (Lipinski definition) is 0. The first-order valence-electron chi connectivity index (χ1n) is 42.3. The predicted octanol–water partition coefficient (Wildman–Crippen LogP) is 24.4. The van der Waals surface area contributed by atoms with Crippen LogP contribution >= 0.6 is 0 Å². The number of benzene rings is 13. The van der Waals surface area contributed by atoms with Gasteiger partial charge in [-0.15, -0.1) is 54.5 Å². The number of aryl methyl sites for hydroxylation is 3. The third-order valence-electron chi connectivity index (χ3n) is 23.5. The number of likely N-dealkylation sites (N-methyl/N-ethyl adjacent to an activating group) is 3. The lowest BCUT2D eigenvalue weighted by Gasteiger charge is -2.38. The highest BCUT2D eigenvalue weighted by atomic mass is 15.2. The van der Waals surface area contributed by atoms with Crippen molar-refractivity contribution in [2.75, 3.05) is 38.0 Å². The summed E-state index contributed by atoms with van der Waals surface area (Å²) in [5.74, 6) is 0. The Labute approximate surface area is 729 Å². The van der Waals surface area contributed by atoms with Gasteiger partial charge >= 0.3 is 0 Å². The van der Waals surface area contributed by atoms with E-state index in [4.69, 9.17) is 0 Å². The highest BCUT2D eigenvalue weighted by Gasteiger charge is 2.36. The second-order valence-electron chi connectivity index (χ2n) is 31.8. The van der Waals surface area contributed by atoms with Gasteiger partial charge < -0.3 is 9.80 Å². The number of aromatic nitrogens is 1. The molecule has 123 heavy (non-hydrogen) atoms. The standard InChI is InChI=1S/C31H28N2.C30H26N2.C29H30N2.C25H24N2/c1-32(23-24-13-5-3-6-14-24)31(26-16-7-4-8-17-26)30-22-12-21-29(33(30)2)28-20-11-18-25-15-9-10-19-27(25)28;1-31-22-11-10-20-29(31)30(27-19-9-8-17-25(27)23-13-4-3-5-14-23)32(2)28-21-12-16-24-15-6-7-18-26(24)28;1-21-19-22(2)28(23(3)20-21)31(5)29(27-17-11-12-18-30(27)4)26-16-10-9-15-25(26)24-13-7-6-8-14-24;1-26(19-20-11-5-3-6-12-20)25(22-14-7-4-8-15-22)24-18-17-21-13-9-10-16-23(21)27(24)2/h3-22,31H,2,23H2,1H3;3-22,30H,1H2,2H3;6-20,29H,4H2,1-3,5H3;3-18,25H,2,19H2,1H3. The lowest BCUT2D eigenvalue weighted by molar-refractivity contribution is -0.527. The fourth-order valence-corrected chi connectivity index (χ4v) is 17.8. The van der Waals surface area contributed by atoms with E-state index in [1.54, 1.807) is 0 Å². The fraction of sp³-hybridized carbons (Fsp3) is 0.113. The molecule has 608 valence electrons. The van der Waals surface area contributed by atoms with Gasteiger partial charge in [0.05, 0.1) is 38.6 Å². The molecule has 0 N–H and O–H groups in total. The average Bonchev–Trinajstić information content (AvgIpc) is 0.778. The summed E-state index contributed by atoms with van der Waals surface area (Å²) < 4.78 is 8.16. The van der Waals surface area contributed by atoms with E-state index in [9.17, 15) is 0 Å². The number of hydrogen-bond acceptors (Lipinski definition) is 4.